The van der Waals surface area contributed by atoms with Gasteiger partial charge in [-0.1, -0.05) is 34.8 Å². The van der Waals surface area contributed by atoms with Gasteiger partial charge in [0.15, 0.2) is 9.84 Å². The van der Waals surface area contributed by atoms with E-state index >= 15 is 0 Å². The summed E-state index contributed by atoms with van der Waals surface area (Å²) in [5.41, 5.74) is 0.221. The standard InChI is InChI=1S/C18H17BrFNO3S/c19-12-8-9-16(17(20)10-12)18(22)21-13-4-3-7-15(11-13)25(23,24)14-5-1-2-6-14/h3-4,7-11,14H,1-2,5-6H2,(H,21,22). The summed E-state index contributed by atoms with van der Waals surface area (Å²) in [6.45, 7) is 0. The number of hydrogen-bond acceptors (Lipinski definition) is 3. The molecule has 0 atom stereocenters. The number of anilines is 1. The van der Waals surface area contributed by atoms with Crippen LogP contribution in [0.2, 0.25) is 0 Å². The normalized spacial score (nSPS) is 15.3. The first kappa shape index (κ1) is 18.1. The fourth-order valence-corrected chi connectivity index (χ4v) is 5.25. The molecule has 0 radical (unpaired) electrons. The Labute approximate surface area is 154 Å². The number of amides is 1. The van der Waals surface area contributed by atoms with E-state index in [2.05, 4.69) is 21.2 Å². The van der Waals surface area contributed by atoms with Crippen LogP contribution in [0.5, 0.6) is 0 Å². The number of carbonyl (C=O) groups is 1. The monoisotopic (exact) mass is 425 g/mol. The summed E-state index contributed by atoms with van der Waals surface area (Å²) >= 11 is 3.14. The van der Waals surface area contributed by atoms with Gasteiger partial charge in [-0.3, -0.25) is 4.79 Å². The van der Waals surface area contributed by atoms with Crippen LogP contribution in [-0.2, 0) is 9.84 Å². The molecule has 2 aromatic carbocycles. The Morgan fingerprint density at radius 1 is 1.12 bits per heavy atom. The summed E-state index contributed by atoms with van der Waals surface area (Å²) in [5.74, 6) is -1.28. The fourth-order valence-electron chi connectivity index (χ4n) is 3.01. The number of carbonyl (C=O) groups excluding carboxylic acids is 1. The Bertz CT molecular complexity index is 908. The molecule has 0 aromatic heterocycles. The minimum absolute atomic E-state index is 0.104. The van der Waals surface area contributed by atoms with E-state index in [0.29, 0.717) is 23.0 Å². The molecule has 0 spiro atoms. The Balaban J connectivity index is 1.83. The Morgan fingerprint density at radius 3 is 2.52 bits per heavy atom. The zero-order valence-corrected chi connectivity index (χ0v) is 15.7. The van der Waals surface area contributed by atoms with Gasteiger partial charge < -0.3 is 5.32 Å². The Hall–Kier alpha value is -1.73. The predicted molar refractivity (Wildman–Crippen MR) is 97.9 cm³/mol. The van der Waals surface area contributed by atoms with Crippen molar-refractivity contribution in [3.8, 4) is 0 Å². The van der Waals surface area contributed by atoms with Crippen LogP contribution < -0.4 is 5.32 Å². The molecule has 1 aliphatic rings. The molecule has 3 rings (SSSR count). The molecular weight excluding hydrogens is 409 g/mol. The molecule has 0 heterocycles. The fraction of sp³-hybridized carbons (Fsp3) is 0.278. The van der Waals surface area contributed by atoms with Gasteiger partial charge in [-0.05, 0) is 49.2 Å². The maximum atomic E-state index is 13.9. The quantitative estimate of drug-likeness (QED) is 0.780. The van der Waals surface area contributed by atoms with Gasteiger partial charge in [0.1, 0.15) is 5.82 Å². The molecule has 0 saturated heterocycles. The SMILES string of the molecule is O=C(Nc1cccc(S(=O)(=O)C2CCCC2)c1)c1ccc(Br)cc1F. The maximum Gasteiger partial charge on any atom is 0.258 e. The number of halogens is 2. The molecular formula is C18H17BrFNO3S. The topological polar surface area (TPSA) is 63.2 Å². The third-order valence-corrected chi connectivity index (χ3v) is 7.09. The summed E-state index contributed by atoms with van der Waals surface area (Å²) < 4.78 is 39.7. The summed E-state index contributed by atoms with van der Waals surface area (Å²) in [6.07, 6.45) is 3.18. The van der Waals surface area contributed by atoms with Crippen molar-refractivity contribution >= 4 is 37.4 Å². The lowest BCUT2D eigenvalue weighted by Gasteiger charge is -2.13. The molecule has 0 unspecified atom stereocenters. The van der Waals surface area contributed by atoms with E-state index in [0.717, 1.165) is 12.8 Å². The van der Waals surface area contributed by atoms with Crippen molar-refractivity contribution < 1.29 is 17.6 Å². The lowest BCUT2D eigenvalue weighted by atomic mass is 10.2. The minimum Gasteiger partial charge on any atom is -0.322 e. The number of hydrogen-bond donors (Lipinski definition) is 1. The predicted octanol–water partition coefficient (Wildman–Crippen LogP) is 4.56. The van der Waals surface area contributed by atoms with E-state index in [9.17, 15) is 17.6 Å². The molecule has 132 valence electrons. The van der Waals surface area contributed by atoms with Gasteiger partial charge >= 0.3 is 0 Å². The zero-order valence-electron chi connectivity index (χ0n) is 13.3. The van der Waals surface area contributed by atoms with E-state index in [1.807, 2.05) is 0 Å². The van der Waals surface area contributed by atoms with Gasteiger partial charge in [-0.2, -0.15) is 0 Å². The van der Waals surface area contributed by atoms with E-state index in [1.165, 1.54) is 24.3 Å². The average Bonchev–Trinajstić information content (AvgIpc) is 3.10. The summed E-state index contributed by atoms with van der Waals surface area (Å²) in [6, 6.07) is 10.3. The van der Waals surface area contributed by atoms with Crippen molar-refractivity contribution in [2.45, 2.75) is 35.8 Å². The van der Waals surface area contributed by atoms with Crippen molar-refractivity contribution in [1.29, 1.82) is 0 Å². The molecule has 2 aromatic rings. The largest absolute Gasteiger partial charge is 0.322 e. The molecule has 0 bridgehead atoms. The maximum absolute atomic E-state index is 13.9. The Kier molecular flexibility index (Phi) is 5.24. The smallest absolute Gasteiger partial charge is 0.258 e. The van der Waals surface area contributed by atoms with Crippen LogP contribution in [0.3, 0.4) is 0 Å². The summed E-state index contributed by atoms with van der Waals surface area (Å²) in [7, 11) is -3.41. The van der Waals surface area contributed by atoms with Gasteiger partial charge in [-0.15, -0.1) is 0 Å². The first-order valence-electron chi connectivity index (χ1n) is 7.98. The molecule has 1 aliphatic carbocycles. The van der Waals surface area contributed by atoms with Gasteiger partial charge in [-0.25, -0.2) is 12.8 Å². The van der Waals surface area contributed by atoms with Crippen LogP contribution in [0.4, 0.5) is 10.1 Å². The van der Waals surface area contributed by atoms with Crippen LogP contribution in [0.25, 0.3) is 0 Å². The van der Waals surface area contributed by atoms with Crippen molar-refractivity contribution in [2.75, 3.05) is 5.32 Å². The van der Waals surface area contributed by atoms with Crippen LogP contribution in [-0.4, -0.2) is 19.6 Å². The van der Waals surface area contributed by atoms with Gasteiger partial charge in [0.25, 0.3) is 5.91 Å². The summed E-state index contributed by atoms with van der Waals surface area (Å²) in [5, 5.41) is 2.20. The summed E-state index contributed by atoms with van der Waals surface area (Å²) in [4.78, 5) is 12.4. The molecule has 7 heteroatoms. The number of rotatable bonds is 4. The number of sulfone groups is 1. The lowest BCUT2D eigenvalue weighted by molar-refractivity contribution is 0.102. The second-order valence-corrected chi connectivity index (χ2v) is 9.20. The zero-order chi connectivity index (χ0) is 18.0. The van der Waals surface area contributed by atoms with E-state index in [4.69, 9.17) is 0 Å². The molecule has 1 saturated carbocycles. The minimum atomic E-state index is -3.41. The van der Waals surface area contributed by atoms with Crippen molar-refractivity contribution in [3.05, 3.63) is 58.3 Å². The number of benzene rings is 2. The third-order valence-electron chi connectivity index (χ3n) is 4.34. The van der Waals surface area contributed by atoms with E-state index in [-0.39, 0.29) is 15.7 Å². The van der Waals surface area contributed by atoms with Crippen molar-refractivity contribution in [2.24, 2.45) is 0 Å². The second-order valence-electron chi connectivity index (χ2n) is 6.06. The highest BCUT2D eigenvalue weighted by Crippen LogP contribution is 2.30. The van der Waals surface area contributed by atoms with Gasteiger partial charge in [0, 0.05) is 10.2 Å². The number of nitrogens with one attached hydrogen (secondary N) is 1. The average molecular weight is 426 g/mol. The molecule has 0 aliphatic heterocycles. The molecule has 25 heavy (non-hydrogen) atoms. The lowest BCUT2D eigenvalue weighted by Crippen LogP contribution is -2.18. The van der Waals surface area contributed by atoms with Crippen LogP contribution >= 0.6 is 15.9 Å². The highest BCUT2D eigenvalue weighted by atomic mass is 79.9. The van der Waals surface area contributed by atoms with Crippen molar-refractivity contribution in [3.63, 3.8) is 0 Å². The van der Waals surface area contributed by atoms with Crippen LogP contribution in [0.1, 0.15) is 36.0 Å². The van der Waals surface area contributed by atoms with Crippen molar-refractivity contribution in [1.82, 2.24) is 0 Å². The first-order valence-corrected chi connectivity index (χ1v) is 10.3. The van der Waals surface area contributed by atoms with Gasteiger partial charge in [0.2, 0.25) is 0 Å². The second kappa shape index (κ2) is 7.25. The molecule has 4 nitrogen and oxygen atoms in total. The molecule has 1 N–H and O–H groups in total. The first-order chi connectivity index (χ1) is 11.9. The highest BCUT2D eigenvalue weighted by Gasteiger charge is 2.30. The Morgan fingerprint density at radius 2 is 1.84 bits per heavy atom. The van der Waals surface area contributed by atoms with Crippen LogP contribution in [0, 0.1) is 5.82 Å². The highest BCUT2D eigenvalue weighted by molar-refractivity contribution is 9.10. The van der Waals surface area contributed by atoms with Gasteiger partial charge in [0.05, 0.1) is 15.7 Å². The van der Waals surface area contributed by atoms with E-state index in [1.54, 1.807) is 18.2 Å². The van der Waals surface area contributed by atoms with E-state index < -0.39 is 21.6 Å². The molecule has 1 fully saturated rings. The molecule has 1 amide bonds. The third kappa shape index (κ3) is 3.93. The van der Waals surface area contributed by atoms with Crippen LogP contribution in [0.15, 0.2) is 51.8 Å².